The molecule has 0 aliphatic heterocycles. The van der Waals surface area contributed by atoms with Crippen molar-refractivity contribution in [3.63, 3.8) is 0 Å². The fourth-order valence-electron chi connectivity index (χ4n) is 4.12. The molecule has 2 aromatic heterocycles. The molecule has 1 aromatic carbocycles. The Hall–Kier alpha value is -2.82. The Bertz CT molecular complexity index is 987. The predicted molar refractivity (Wildman–Crippen MR) is 112 cm³/mol. The van der Waals surface area contributed by atoms with Crippen LogP contribution >= 0.6 is 0 Å². The van der Waals surface area contributed by atoms with Gasteiger partial charge in [-0.3, -0.25) is 9.20 Å². The number of pyridine rings is 1. The number of aromatic nitrogens is 2. The number of benzene rings is 1. The van der Waals surface area contributed by atoms with E-state index >= 15 is 0 Å². The Kier molecular flexibility index (Phi) is 5.33. The summed E-state index contributed by atoms with van der Waals surface area (Å²) in [7, 11) is 1.65. The number of anilines is 1. The number of nitrogens with zero attached hydrogens (tertiary/aromatic N) is 2. The Morgan fingerprint density at radius 3 is 2.82 bits per heavy atom. The van der Waals surface area contributed by atoms with Crippen LogP contribution < -0.4 is 10.1 Å². The van der Waals surface area contributed by atoms with Crippen molar-refractivity contribution in [2.45, 2.75) is 45.4 Å². The average molecular weight is 377 g/mol. The van der Waals surface area contributed by atoms with E-state index in [-0.39, 0.29) is 5.91 Å². The number of methoxy groups -OCH3 is 1. The largest absolute Gasteiger partial charge is 0.496 e. The molecule has 1 aliphatic carbocycles. The van der Waals surface area contributed by atoms with Crippen LogP contribution in [-0.4, -0.2) is 22.4 Å². The van der Waals surface area contributed by atoms with E-state index in [9.17, 15) is 4.79 Å². The molecule has 1 N–H and O–H groups in total. The Morgan fingerprint density at radius 2 is 2.04 bits per heavy atom. The number of ether oxygens (including phenoxy) is 1. The predicted octanol–water partition coefficient (Wildman–Crippen LogP) is 5.23. The summed E-state index contributed by atoms with van der Waals surface area (Å²) in [6.07, 6.45) is 8.60. The molecule has 1 amide bonds. The number of amides is 1. The van der Waals surface area contributed by atoms with Gasteiger partial charge in [-0.1, -0.05) is 37.8 Å². The van der Waals surface area contributed by atoms with Gasteiger partial charge in [0, 0.05) is 18.2 Å². The van der Waals surface area contributed by atoms with Crippen LogP contribution in [0.5, 0.6) is 5.75 Å². The van der Waals surface area contributed by atoms with Gasteiger partial charge in [0.1, 0.15) is 22.9 Å². The second-order valence-corrected chi connectivity index (χ2v) is 7.68. The topological polar surface area (TPSA) is 55.6 Å². The van der Waals surface area contributed by atoms with Gasteiger partial charge in [0.25, 0.3) is 0 Å². The lowest BCUT2D eigenvalue weighted by molar-refractivity contribution is -0.116. The zero-order chi connectivity index (χ0) is 19.5. The van der Waals surface area contributed by atoms with Crippen LogP contribution in [0.4, 0.5) is 5.82 Å². The number of nitrogens with one attached hydrogen (secondary N) is 1. The van der Waals surface area contributed by atoms with E-state index in [0.717, 1.165) is 34.6 Å². The summed E-state index contributed by atoms with van der Waals surface area (Å²) in [5, 5.41) is 3.13. The molecule has 28 heavy (non-hydrogen) atoms. The molecule has 1 fully saturated rings. The first-order valence-electron chi connectivity index (χ1n) is 10.1. The average Bonchev–Trinajstić information content (AvgIpc) is 3.34. The van der Waals surface area contributed by atoms with Crippen molar-refractivity contribution in [1.82, 2.24) is 9.38 Å². The van der Waals surface area contributed by atoms with Crippen LogP contribution in [0.2, 0.25) is 0 Å². The molecule has 2 heterocycles. The zero-order valence-corrected chi connectivity index (χ0v) is 16.6. The minimum absolute atomic E-state index is 0.0467. The quantitative estimate of drug-likeness (QED) is 0.640. The summed E-state index contributed by atoms with van der Waals surface area (Å²) in [5.74, 6) is 2.19. The highest BCUT2D eigenvalue weighted by molar-refractivity contribution is 5.95. The number of aryl methyl sites for hydroxylation is 1. The molecule has 0 unspecified atom stereocenters. The number of carbonyl (C=O) groups is 1. The van der Waals surface area contributed by atoms with Crippen molar-refractivity contribution >= 4 is 17.4 Å². The summed E-state index contributed by atoms with van der Waals surface area (Å²) < 4.78 is 7.48. The normalized spacial score (nSPS) is 14.5. The van der Waals surface area contributed by atoms with Crippen molar-refractivity contribution in [1.29, 1.82) is 0 Å². The Morgan fingerprint density at radius 1 is 1.25 bits per heavy atom. The van der Waals surface area contributed by atoms with Crippen LogP contribution in [0.1, 0.15) is 44.1 Å². The molecule has 1 saturated carbocycles. The molecule has 4 rings (SSSR count). The van der Waals surface area contributed by atoms with E-state index in [2.05, 4.69) is 5.32 Å². The van der Waals surface area contributed by atoms with E-state index in [1.54, 1.807) is 7.11 Å². The molecule has 0 spiro atoms. The third-order valence-corrected chi connectivity index (χ3v) is 5.66. The van der Waals surface area contributed by atoms with Crippen molar-refractivity contribution < 1.29 is 9.53 Å². The molecule has 5 nitrogen and oxygen atoms in total. The third-order valence-electron chi connectivity index (χ3n) is 5.66. The van der Waals surface area contributed by atoms with E-state index in [1.807, 2.05) is 53.9 Å². The first-order valence-corrected chi connectivity index (χ1v) is 10.1. The van der Waals surface area contributed by atoms with Crippen LogP contribution in [-0.2, 0) is 4.79 Å². The van der Waals surface area contributed by atoms with Gasteiger partial charge in [0.15, 0.2) is 0 Å². The summed E-state index contributed by atoms with van der Waals surface area (Å²) in [5.41, 5.74) is 3.55. The number of hydrogen-bond donors (Lipinski definition) is 1. The van der Waals surface area contributed by atoms with Gasteiger partial charge >= 0.3 is 0 Å². The number of imidazole rings is 1. The summed E-state index contributed by atoms with van der Waals surface area (Å²) >= 11 is 0. The second kappa shape index (κ2) is 8.05. The van der Waals surface area contributed by atoms with Crippen LogP contribution in [0, 0.1) is 12.8 Å². The highest BCUT2D eigenvalue weighted by atomic mass is 16.5. The van der Waals surface area contributed by atoms with Crippen LogP contribution in [0.3, 0.4) is 0 Å². The SMILES string of the molecule is COc1ccccc1-c1nc2cc(C)ccn2c1NC(=O)CCC1CCCC1. The highest BCUT2D eigenvalue weighted by Crippen LogP contribution is 2.35. The Labute approximate surface area is 165 Å². The number of para-hydroxylation sites is 1. The third kappa shape index (κ3) is 3.75. The monoisotopic (exact) mass is 377 g/mol. The molecule has 146 valence electrons. The molecule has 0 bridgehead atoms. The number of fused-ring (bicyclic) bond motifs is 1. The van der Waals surface area contributed by atoms with Gasteiger partial charge in [-0.15, -0.1) is 0 Å². The molecular formula is C23H27N3O2. The highest BCUT2D eigenvalue weighted by Gasteiger charge is 2.21. The number of rotatable bonds is 6. The smallest absolute Gasteiger partial charge is 0.225 e. The first-order chi connectivity index (χ1) is 13.7. The van der Waals surface area contributed by atoms with E-state index in [4.69, 9.17) is 9.72 Å². The molecule has 0 atom stereocenters. The molecule has 1 aliphatic rings. The molecule has 3 aromatic rings. The Balaban J connectivity index is 1.68. The van der Waals surface area contributed by atoms with Crippen LogP contribution in [0.15, 0.2) is 42.6 Å². The van der Waals surface area contributed by atoms with Gasteiger partial charge in [0.2, 0.25) is 5.91 Å². The number of carbonyl (C=O) groups excluding carboxylic acids is 1. The van der Waals surface area contributed by atoms with Gasteiger partial charge in [-0.25, -0.2) is 4.98 Å². The van der Waals surface area contributed by atoms with Gasteiger partial charge in [-0.2, -0.15) is 0 Å². The molecule has 0 saturated heterocycles. The van der Waals surface area contributed by atoms with Gasteiger partial charge in [0.05, 0.1) is 7.11 Å². The minimum atomic E-state index is 0.0467. The van der Waals surface area contributed by atoms with E-state index in [0.29, 0.717) is 18.2 Å². The summed E-state index contributed by atoms with van der Waals surface area (Å²) in [6, 6.07) is 11.8. The fraction of sp³-hybridized carbons (Fsp3) is 0.391. The summed E-state index contributed by atoms with van der Waals surface area (Å²) in [6.45, 7) is 2.04. The standard InChI is InChI=1S/C23H27N3O2/c1-16-13-14-26-20(15-16)24-22(18-9-5-6-10-19(18)28-2)23(26)25-21(27)12-11-17-7-3-4-8-17/h5-6,9-10,13-15,17H,3-4,7-8,11-12H2,1-2H3,(H,25,27). The number of hydrogen-bond acceptors (Lipinski definition) is 3. The van der Waals surface area contributed by atoms with Crippen molar-refractivity contribution in [2.75, 3.05) is 12.4 Å². The lowest BCUT2D eigenvalue weighted by Gasteiger charge is -2.12. The van der Waals surface area contributed by atoms with Crippen molar-refractivity contribution in [3.05, 3.63) is 48.2 Å². The van der Waals surface area contributed by atoms with E-state index in [1.165, 1.54) is 25.7 Å². The molecule has 5 heteroatoms. The first kappa shape index (κ1) is 18.5. The zero-order valence-electron chi connectivity index (χ0n) is 16.6. The lowest BCUT2D eigenvalue weighted by Crippen LogP contribution is -2.14. The van der Waals surface area contributed by atoms with Crippen molar-refractivity contribution in [3.8, 4) is 17.0 Å². The van der Waals surface area contributed by atoms with Crippen molar-refractivity contribution in [2.24, 2.45) is 5.92 Å². The maximum atomic E-state index is 12.7. The van der Waals surface area contributed by atoms with Gasteiger partial charge in [-0.05, 0) is 49.1 Å². The maximum absolute atomic E-state index is 12.7. The lowest BCUT2D eigenvalue weighted by atomic mass is 10.0. The van der Waals surface area contributed by atoms with Gasteiger partial charge < -0.3 is 10.1 Å². The molecular weight excluding hydrogens is 350 g/mol. The second-order valence-electron chi connectivity index (χ2n) is 7.68. The maximum Gasteiger partial charge on any atom is 0.225 e. The van der Waals surface area contributed by atoms with Crippen LogP contribution in [0.25, 0.3) is 16.9 Å². The fourth-order valence-corrected chi connectivity index (χ4v) is 4.12. The molecule has 0 radical (unpaired) electrons. The minimum Gasteiger partial charge on any atom is -0.496 e. The summed E-state index contributed by atoms with van der Waals surface area (Å²) in [4.78, 5) is 17.5. The van der Waals surface area contributed by atoms with E-state index < -0.39 is 0 Å².